The molecule has 22 heteroatoms. The van der Waals surface area contributed by atoms with E-state index in [4.69, 9.17) is 18.9 Å². The third-order valence-corrected chi connectivity index (χ3v) is 12.8. The molecular weight excluding hydrogens is 921 g/mol. The highest BCUT2D eigenvalue weighted by molar-refractivity contribution is 7.90. The molecule has 0 aliphatic carbocycles. The van der Waals surface area contributed by atoms with Crippen LogP contribution in [0, 0.1) is 18.6 Å². The van der Waals surface area contributed by atoms with Crippen molar-refractivity contribution >= 4 is 38.3 Å². The van der Waals surface area contributed by atoms with Crippen LogP contribution in [0.1, 0.15) is 55.9 Å². The number of alkyl halides is 6. The average Bonchev–Trinajstić information content (AvgIpc) is 3.48. The lowest BCUT2D eigenvalue weighted by Gasteiger charge is -2.48. The number of nitrogens with zero attached hydrogens (tertiary/aromatic N) is 6. The Labute approximate surface area is 379 Å². The molecule has 67 heavy (non-hydrogen) atoms. The first-order chi connectivity index (χ1) is 31.3. The number of ether oxygens (including phenoxy) is 4. The minimum atomic E-state index is -5.43. The van der Waals surface area contributed by atoms with E-state index in [-0.39, 0.29) is 25.9 Å². The van der Waals surface area contributed by atoms with Crippen molar-refractivity contribution in [2.45, 2.75) is 101 Å². The second kappa shape index (κ2) is 16.8. The maximum Gasteiger partial charge on any atom is 0.427 e. The number of hydrogen-bond donors (Lipinski definition) is 0. The van der Waals surface area contributed by atoms with Crippen molar-refractivity contribution < 1.29 is 67.3 Å². The smallest absolute Gasteiger partial charge is 0.427 e. The molecule has 8 rings (SSSR count). The van der Waals surface area contributed by atoms with E-state index in [9.17, 15) is 13.2 Å². The Balaban J connectivity index is 1.37. The highest BCUT2D eigenvalue weighted by Crippen LogP contribution is 2.51. The van der Waals surface area contributed by atoms with Gasteiger partial charge in [-0.15, -0.1) is 0 Å². The Morgan fingerprint density at radius 2 is 1.45 bits per heavy atom. The van der Waals surface area contributed by atoms with Gasteiger partial charge in [-0.3, -0.25) is 4.90 Å². The summed E-state index contributed by atoms with van der Waals surface area (Å²) < 4.78 is 175. The zero-order chi connectivity index (χ0) is 48.7. The number of amides is 1. The molecule has 0 radical (unpaired) electrons. The van der Waals surface area contributed by atoms with Crippen LogP contribution in [0.5, 0.6) is 17.4 Å². The monoisotopic (exact) mass is 964 g/mol. The molecule has 0 unspecified atom stereocenters. The quantitative estimate of drug-likeness (QED) is 0.103. The second-order valence-corrected chi connectivity index (χ2v) is 19.5. The van der Waals surface area contributed by atoms with Crippen LogP contribution in [0.2, 0.25) is 0 Å². The molecule has 5 aromatic rings. The molecule has 3 aliphatic heterocycles. The molecule has 3 aliphatic rings. The molecule has 5 heterocycles. The van der Waals surface area contributed by atoms with Gasteiger partial charge >= 0.3 is 18.4 Å². The van der Waals surface area contributed by atoms with Crippen molar-refractivity contribution in [2.24, 2.45) is 0 Å². The predicted molar refractivity (Wildman–Crippen MR) is 228 cm³/mol. The van der Waals surface area contributed by atoms with Crippen molar-refractivity contribution in [3.63, 3.8) is 0 Å². The zero-order valence-corrected chi connectivity index (χ0v) is 37.8. The Kier molecular flexibility index (Phi) is 11.9. The molecule has 3 aromatic carbocycles. The number of pyridine rings is 1. The molecule has 2 bridgehead atoms. The van der Waals surface area contributed by atoms with Crippen LogP contribution in [-0.2, 0) is 33.8 Å². The van der Waals surface area contributed by atoms with Gasteiger partial charge in [0, 0.05) is 31.5 Å². The van der Waals surface area contributed by atoms with Gasteiger partial charge in [-0.2, -0.15) is 26.3 Å². The van der Waals surface area contributed by atoms with Gasteiger partial charge in [0.2, 0.25) is 27.0 Å². The number of fused-ring (bicyclic) bond motifs is 5. The summed E-state index contributed by atoms with van der Waals surface area (Å²) in [6, 6.07) is 9.75. The lowest BCUT2D eigenvalue weighted by atomic mass is 9.95. The largest absolute Gasteiger partial charge is 0.497 e. The van der Waals surface area contributed by atoms with Crippen LogP contribution in [0.4, 0.5) is 51.4 Å². The van der Waals surface area contributed by atoms with E-state index in [1.165, 1.54) is 24.0 Å². The minimum Gasteiger partial charge on any atom is -0.497 e. The molecule has 13 nitrogen and oxygen atoms in total. The summed E-state index contributed by atoms with van der Waals surface area (Å²) in [5.41, 5.74) is -6.58. The molecule has 0 spiro atoms. The number of anilines is 2. The van der Waals surface area contributed by atoms with E-state index >= 15 is 35.1 Å². The van der Waals surface area contributed by atoms with E-state index in [2.05, 4.69) is 15.0 Å². The van der Waals surface area contributed by atoms with Gasteiger partial charge in [0.1, 0.15) is 45.3 Å². The number of piperazine rings is 1. The summed E-state index contributed by atoms with van der Waals surface area (Å²) in [5, 5.41) is -1.73. The number of halogens is 8. The van der Waals surface area contributed by atoms with Crippen LogP contribution in [0.3, 0.4) is 0 Å². The highest BCUT2D eigenvalue weighted by atomic mass is 32.2. The number of sulfone groups is 1. The van der Waals surface area contributed by atoms with Gasteiger partial charge in [0.25, 0.3) is 0 Å². The summed E-state index contributed by atoms with van der Waals surface area (Å²) in [7, 11) is -1.63. The fraction of sp³-hybridized carbons (Fsp3) is 0.422. The van der Waals surface area contributed by atoms with Crippen LogP contribution in [0.15, 0.2) is 59.8 Å². The molecule has 4 atom stereocenters. The topological polar surface area (TPSA) is 137 Å². The molecule has 358 valence electrons. The lowest BCUT2D eigenvalue weighted by molar-refractivity contribution is -0.206. The van der Waals surface area contributed by atoms with Crippen LogP contribution in [0.25, 0.3) is 22.2 Å². The molecule has 2 saturated heterocycles. The summed E-state index contributed by atoms with van der Waals surface area (Å²) in [4.78, 5) is 29.3. The van der Waals surface area contributed by atoms with Gasteiger partial charge in [0.05, 0.1) is 43.6 Å². The number of rotatable bonds is 9. The molecule has 1 amide bonds. The first-order valence-electron chi connectivity index (χ1n) is 20.8. The molecular formula is C45H44F8N6O7S. The molecule has 2 fully saturated rings. The Morgan fingerprint density at radius 3 is 1.96 bits per heavy atom. The van der Waals surface area contributed by atoms with E-state index in [0.717, 1.165) is 11.8 Å². The zero-order valence-electron chi connectivity index (χ0n) is 37.0. The van der Waals surface area contributed by atoms with Crippen molar-refractivity contribution in [3.8, 4) is 28.6 Å². The first kappa shape index (κ1) is 47.3. The number of carbonyl (C=O) groups is 1. The highest BCUT2D eigenvalue weighted by Gasteiger charge is 2.61. The van der Waals surface area contributed by atoms with Gasteiger partial charge < -0.3 is 28.7 Å². The third kappa shape index (κ3) is 8.91. The Hall–Kier alpha value is -6.19. The maximum atomic E-state index is 17.6. The number of carbonyl (C=O) groups excluding carboxylic acids is 1. The SMILES string of the molecule is COc1ccc(CN(Cc2ccc(OC)cc2)c2cc(-c3nc4c5c(nc(S(C)(=O)=O)nc5c3F)N3C[C@H]5CC[C@@H]([C@H]3[C@H](C(F)(F)F)O4)N5C(=O)OC(C)(C)C)c(C(F)(F)F)c(C)c2F)cc1. The van der Waals surface area contributed by atoms with Gasteiger partial charge in [-0.1, -0.05) is 24.3 Å². The fourth-order valence-corrected chi connectivity index (χ4v) is 9.56. The summed E-state index contributed by atoms with van der Waals surface area (Å²) in [6.07, 6.45) is -13.7. The Morgan fingerprint density at radius 1 is 0.866 bits per heavy atom. The summed E-state index contributed by atoms with van der Waals surface area (Å²) >= 11 is 0. The van der Waals surface area contributed by atoms with Gasteiger partial charge in [-0.05, 0) is 87.6 Å². The average molecular weight is 965 g/mol. The van der Waals surface area contributed by atoms with Crippen LogP contribution < -0.4 is 24.0 Å². The maximum absolute atomic E-state index is 17.6. The van der Waals surface area contributed by atoms with Gasteiger partial charge in [0.15, 0.2) is 5.82 Å². The number of methoxy groups -OCH3 is 2. The van der Waals surface area contributed by atoms with E-state index in [1.54, 1.807) is 69.3 Å². The predicted octanol–water partition coefficient (Wildman–Crippen LogP) is 9.20. The van der Waals surface area contributed by atoms with Crippen molar-refractivity contribution in [3.05, 3.63) is 88.5 Å². The van der Waals surface area contributed by atoms with E-state index < -0.39 is 132 Å². The fourth-order valence-electron chi connectivity index (χ4n) is 9.05. The van der Waals surface area contributed by atoms with E-state index in [0.29, 0.717) is 34.9 Å². The van der Waals surface area contributed by atoms with Gasteiger partial charge in [-0.25, -0.2) is 36.9 Å². The molecule has 0 saturated carbocycles. The third-order valence-electron chi connectivity index (χ3n) is 11.9. The van der Waals surface area contributed by atoms with Crippen LogP contribution >= 0.6 is 0 Å². The lowest BCUT2D eigenvalue weighted by Crippen LogP contribution is -2.68. The van der Waals surface area contributed by atoms with E-state index in [1.807, 2.05) is 0 Å². The number of hydrogen-bond acceptors (Lipinski definition) is 12. The van der Waals surface area contributed by atoms with Crippen molar-refractivity contribution in [1.29, 1.82) is 0 Å². The summed E-state index contributed by atoms with van der Waals surface area (Å²) in [6.45, 7) is 4.87. The molecule has 0 N–H and O–H groups in total. The standard InChI is InChI=1S/C45H44F8N6O7S/c1-22-32(44(48,49)50)28(18-30(33(22)46)57(19-23-8-13-26(63-5)14-9-23)20-24-10-15-27(64-6)16-11-24)35-34(47)36-31-39(56-41(55-36)67(7,61)62)58-21-25-12-17-29(59(25)42(60)66-43(2,3)4)37(58)38(45(51,52)53)65-40(31)54-35/h8-11,13-16,18,25,29,37-38H,12,17,19-21H2,1-7H3/t25-,29+,37+,38-/m1/s1. The normalized spacial score (nSPS) is 19.4. The second-order valence-electron chi connectivity index (χ2n) is 17.6. The Bertz CT molecular complexity index is 2810. The van der Waals surface area contributed by atoms with Crippen LogP contribution in [-0.4, -0.2) is 97.4 Å². The number of aromatic nitrogens is 3. The minimum absolute atomic E-state index is 0.00626. The van der Waals surface area contributed by atoms with Crippen molar-refractivity contribution in [2.75, 3.05) is 36.8 Å². The summed E-state index contributed by atoms with van der Waals surface area (Å²) in [5.74, 6) is -3.72. The van der Waals surface area contributed by atoms with Crippen molar-refractivity contribution in [1.82, 2.24) is 19.9 Å². The molecule has 2 aromatic heterocycles. The number of benzene rings is 3. The first-order valence-corrected chi connectivity index (χ1v) is 22.7.